The maximum Gasteiger partial charge on any atom is 0.123 e. The van der Waals surface area contributed by atoms with E-state index in [4.69, 9.17) is 28.3 Å². The number of anilines is 1. The quantitative estimate of drug-likeness (QED) is 0.846. The molecule has 0 bridgehead atoms. The number of halogens is 2. The number of hydrogen-bond donors (Lipinski definition) is 2. The van der Waals surface area contributed by atoms with E-state index in [1.54, 1.807) is 25.1 Å². The maximum atomic E-state index is 13.5. The van der Waals surface area contributed by atoms with Gasteiger partial charge in [-0.25, -0.2) is 4.39 Å². The Bertz CT molecular complexity index is 720. The van der Waals surface area contributed by atoms with E-state index in [-0.39, 0.29) is 18.3 Å². The minimum absolute atomic E-state index is 0.0895. The van der Waals surface area contributed by atoms with Gasteiger partial charge >= 0.3 is 0 Å². The molecular formula is C16H15ClFN3. The van der Waals surface area contributed by atoms with Crippen LogP contribution in [0.15, 0.2) is 30.3 Å². The van der Waals surface area contributed by atoms with Crippen LogP contribution in [-0.2, 0) is 6.42 Å². The first-order valence-electron chi connectivity index (χ1n) is 6.45. The summed E-state index contributed by atoms with van der Waals surface area (Å²) in [4.78, 5) is 0. The predicted octanol–water partition coefficient (Wildman–Crippen LogP) is 3.81. The van der Waals surface area contributed by atoms with Gasteiger partial charge in [0, 0.05) is 27.9 Å². The molecule has 0 spiro atoms. The molecule has 2 rings (SSSR count). The second kappa shape index (κ2) is 6.13. The summed E-state index contributed by atoms with van der Waals surface area (Å²) in [5.41, 5.74) is 15.1. The minimum Gasteiger partial charge on any atom is -0.398 e. The van der Waals surface area contributed by atoms with Gasteiger partial charge in [-0.1, -0.05) is 23.7 Å². The minimum atomic E-state index is -0.362. The monoisotopic (exact) mass is 303 g/mol. The fraction of sp³-hybridized carbons (Fsp3) is 0.188. The Morgan fingerprint density at radius 2 is 2.10 bits per heavy atom. The highest BCUT2D eigenvalue weighted by atomic mass is 35.5. The fourth-order valence-electron chi connectivity index (χ4n) is 2.31. The van der Waals surface area contributed by atoms with Crippen molar-refractivity contribution in [2.24, 2.45) is 5.73 Å². The first kappa shape index (κ1) is 15.3. The third-order valence-electron chi connectivity index (χ3n) is 3.31. The summed E-state index contributed by atoms with van der Waals surface area (Å²) in [5.74, 6) is -0.362. The third kappa shape index (κ3) is 2.99. The van der Waals surface area contributed by atoms with Gasteiger partial charge in [-0.2, -0.15) is 5.26 Å². The second-order valence-corrected chi connectivity index (χ2v) is 5.26. The molecule has 1 atom stereocenters. The second-order valence-electron chi connectivity index (χ2n) is 4.85. The molecule has 2 aromatic carbocycles. The molecule has 108 valence electrons. The van der Waals surface area contributed by atoms with Gasteiger partial charge in [-0.05, 0) is 36.2 Å². The van der Waals surface area contributed by atoms with E-state index in [2.05, 4.69) is 0 Å². The highest BCUT2D eigenvalue weighted by Gasteiger charge is 2.18. The first-order chi connectivity index (χ1) is 9.95. The molecule has 0 aliphatic heterocycles. The van der Waals surface area contributed by atoms with Crippen LogP contribution in [0.2, 0.25) is 5.02 Å². The molecule has 0 saturated carbocycles. The van der Waals surface area contributed by atoms with Gasteiger partial charge in [0.2, 0.25) is 0 Å². The van der Waals surface area contributed by atoms with Crippen molar-refractivity contribution in [2.45, 2.75) is 19.4 Å². The van der Waals surface area contributed by atoms with Crippen molar-refractivity contribution in [1.29, 1.82) is 5.26 Å². The van der Waals surface area contributed by atoms with Gasteiger partial charge in [0.05, 0.1) is 12.5 Å². The Labute approximate surface area is 127 Å². The van der Waals surface area contributed by atoms with Crippen molar-refractivity contribution in [2.75, 3.05) is 5.73 Å². The van der Waals surface area contributed by atoms with Crippen LogP contribution in [0.4, 0.5) is 10.1 Å². The zero-order valence-corrected chi connectivity index (χ0v) is 12.3. The zero-order valence-electron chi connectivity index (χ0n) is 11.5. The number of nitrogens with zero attached hydrogens (tertiary/aromatic N) is 1. The molecule has 0 radical (unpaired) electrons. The zero-order chi connectivity index (χ0) is 15.6. The Hall–Kier alpha value is -2.09. The molecule has 0 heterocycles. The highest BCUT2D eigenvalue weighted by molar-refractivity contribution is 6.32. The molecule has 0 amide bonds. The van der Waals surface area contributed by atoms with Crippen LogP contribution < -0.4 is 11.5 Å². The molecule has 1 unspecified atom stereocenters. The average molecular weight is 304 g/mol. The molecule has 3 nitrogen and oxygen atoms in total. The molecule has 2 aromatic rings. The van der Waals surface area contributed by atoms with Crippen molar-refractivity contribution < 1.29 is 4.39 Å². The Morgan fingerprint density at radius 1 is 1.38 bits per heavy atom. The fourth-order valence-corrected chi connectivity index (χ4v) is 2.60. The van der Waals surface area contributed by atoms with E-state index >= 15 is 0 Å². The van der Waals surface area contributed by atoms with Gasteiger partial charge in [0.15, 0.2) is 0 Å². The molecule has 4 N–H and O–H groups in total. The highest BCUT2D eigenvalue weighted by Crippen LogP contribution is 2.39. The largest absolute Gasteiger partial charge is 0.398 e. The summed E-state index contributed by atoms with van der Waals surface area (Å²) in [6.45, 7) is 1.80. The van der Waals surface area contributed by atoms with Crippen LogP contribution in [0.3, 0.4) is 0 Å². The topological polar surface area (TPSA) is 75.8 Å². The average Bonchev–Trinajstić information content (AvgIpc) is 2.42. The summed E-state index contributed by atoms with van der Waals surface area (Å²) in [6, 6.07) is 9.53. The Kier molecular flexibility index (Phi) is 4.46. The summed E-state index contributed by atoms with van der Waals surface area (Å²) in [7, 11) is 0. The summed E-state index contributed by atoms with van der Waals surface area (Å²) in [6.07, 6.45) is 0.0895. The molecule has 0 saturated heterocycles. The van der Waals surface area contributed by atoms with Crippen molar-refractivity contribution in [3.63, 3.8) is 0 Å². The number of nitrogens with two attached hydrogens (primary N) is 2. The van der Waals surface area contributed by atoms with Crippen LogP contribution >= 0.6 is 11.6 Å². The van der Waals surface area contributed by atoms with Gasteiger partial charge in [0.25, 0.3) is 0 Å². The normalized spacial score (nSPS) is 12.0. The molecule has 0 fully saturated rings. The lowest BCUT2D eigenvalue weighted by atomic mass is 9.91. The van der Waals surface area contributed by atoms with Crippen LogP contribution in [0.5, 0.6) is 0 Å². The van der Waals surface area contributed by atoms with E-state index in [9.17, 15) is 4.39 Å². The Balaban J connectivity index is 2.78. The van der Waals surface area contributed by atoms with Crippen LogP contribution in [-0.4, -0.2) is 0 Å². The summed E-state index contributed by atoms with van der Waals surface area (Å²) < 4.78 is 13.5. The molecule has 0 aliphatic carbocycles. The van der Waals surface area contributed by atoms with E-state index in [0.717, 1.165) is 5.56 Å². The van der Waals surface area contributed by atoms with Gasteiger partial charge in [-0.3, -0.25) is 0 Å². The molecular weight excluding hydrogens is 289 g/mol. The lowest BCUT2D eigenvalue weighted by Crippen LogP contribution is -2.10. The van der Waals surface area contributed by atoms with Crippen molar-refractivity contribution in [1.82, 2.24) is 0 Å². The van der Waals surface area contributed by atoms with E-state index < -0.39 is 0 Å². The lowest BCUT2D eigenvalue weighted by Gasteiger charge is -2.19. The Morgan fingerprint density at radius 3 is 2.67 bits per heavy atom. The van der Waals surface area contributed by atoms with E-state index in [1.807, 2.05) is 6.07 Å². The number of hydrogen-bond acceptors (Lipinski definition) is 3. The predicted molar refractivity (Wildman–Crippen MR) is 83.2 cm³/mol. The van der Waals surface area contributed by atoms with Gasteiger partial charge in [0.1, 0.15) is 5.82 Å². The van der Waals surface area contributed by atoms with E-state index in [0.29, 0.717) is 27.4 Å². The van der Waals surface area contributed by atoms with Crippen molar-refractivity contribution in [3.05, 3.63) is 52.3 Å². The SMILES string of the molecule is CC(N)c1cc(Cl)c(CC#N)c(N)c1-c1cccc(F)c1. The number of benzene rings is 2. The molecule has 0 aromatic heterocycles. The van der Waals surface area contributed by atoms with Gasteiger partial charge < -0.3 is 11.5 Å². The molecule has 21 heavy (non-hydrogen) atoms. The third-order valence-corrected chi connectivity index (χ3v) is 3.65. The van der Waals surface area contributed by atoms with E-state index in [1.165, 1.54) is 12.1 Å². The molecule has 0 aliphatic rings. The first-order valence-corrected chi connectivity index (χ1v) is 6.82. The summed E-state index contributed by atoms with van der Waals surface area (Å²) >= 11 is 6.19. The standard InChI is InChI=1S/C16H15ClFN3/c1-9(20)13-8-14(17)12(5-6-19)16(21)15(13)10-3-2-4-11(18)7-10/h2-4,7-9H,5,20-21H2,1H3. The van der Waals surface area contributed by atoms with Crippen molar-refractivity contribution in [3.8, 4) is 17.2 Å². The maximum absolute atomic E-state index is 13.5. The smallest absolute Gasteiger partial charge is 0.123 e. The van der Waals surface area contributed by atoms with Crippen LogP contribution in [0.1, 0.15) is 24.1 Å². The lowest BCUT2D eigenvalue weighted by molar-refractivity contribution is 0.628. The molecule has 5 heteroatoms. The number of nitrogen functional groups attached to an aromatic ring is 1. The number of rotatable bonds is 3. The number of nitriles is 1. The van der Waals surface area contributed by atoms with Crippen LogP contribution in [0, 0.1) is 17.1 Å². The van der Waals surface area contributed by atoms with Crippen LogP contribution in [0.25, 0.3) is 11.1 Å². The van der Waals surface area contributed by atoms with Crippen molar-refractivity contribution >= 4 is 17.3 Å². The van der Waals surface area contributed by atoms with Gasteiger partial charge in [-0.15, -0.1) is 0 Å². The summed E-state index contributed by atoms with van der Waals surface area (Å²) in [5, 5.41) is 9.31.